The van der Waals surface area contributed by atoms with Crippen molar-refractivity contribution in [1.29, 1.82) is 0 Å². The van der Waals surface area contributed by atoms with Gasteiger partial charge in [-0.1, -0.05) is 18.5 Å². The number of nitrogens with two attached hydrogens (primary N) is 1. The van der Waals surface area contributed by atoms with Crippen molar-refractivity contribution in [3.8, 4) is 0 Å². The van der Waals surface area contributed by atoms with E-state index in [-0.39, 0.29) is 18.4 Å². The van der Waals surface area contributed by atoms with Crippen LogP contribution in [0.2, 0.25) is 5.02 Å². The van der Waals surface area contributed by atoms with Crippen molar-refractivity contribution in [2.24, 2.45) is 0 Å². The second kappa shape index (κ2) is 6.86. The van der Waals surface area contributed by atoms with Gasteiger partial charge in [-0.15, -0.1) is 0 Å². The number of anilines is 1. The lowest BCUT2D eigenvalue weighted by Crippen LogP contribution is -2.37. The van der Waals surface area contributed by atoms with E-state index < -0.39 is 0 Å². The number of nitrogens with one attached hydrogen (secondary N) is 2. The lowest BCUT2D eigenvalue weighted by Gasteiger charge is -2.07. The Labute approximate surface area is 111 Å². The van der Waals surface area contributed by atoms with Crippen LogP contribution in [-0.2, 0) is 4.79 Å². The van der Waals surface area contributed by atoms with E-state index in [9.17, 15) is 9.59 Å². The molecule has 6 heteroatoms. The molecule has 0 bridgehead atoms. The van der Waals surface area contributed by atoms with Gasteiger partial charge in [0.1, 0.15) is 0 Å². The van der Waals surface area contributed by atoms with Crippen LogP contribution in [0.3, 0.4) is 0 Å². The van der Waals surface area contributed by atoms with Crippen molar-refractivity contribution < 1.29 is 9.59 Å². The SMILES string of the molecule is CCCNC(=O)CNC(=O)c1ccc(N)c(Cl)c1. The molecule has 0 aliphatic carbocycles. The van der Waals surface area contributed by atoms with Gasteiger partial charge in [0.25, 0.3) is 5.91 Å². The molecule has 0 aliphatic rings. The smallest absolute Gasteiger partial charge is 0.251 e. The molecule has 0 heterocycles. The van der Waals surface area contributed by atoms with Crippen molar-refractivity contribution in [2.45, 2.75) is 13.3 Å². The lowest BCUT2D eigenvalue weighted by molar-refractivity contribution is -0.120. The van der Waals surface area contributed by atoms with Gasteiger partial charge in [-0.25, -0.2) is 0 Å². The molecule has 0 aromatic heterocycles. The number of nitrogen functional groups attached to an aromatic ring is 1. The minimum absolute atomic E-state index is 0.0547. The standard InChI is InChI=1S/C12H16ClN3O2/c1-2-5-15-11(17)7-16-12(18)8-3-4-10(14)9(13)6-8/h3-4,6H,2,5,7,14H2,1H3,(H,15,17)(H,16,18). The number of hydrogen-bond donors (Lipinski definition) is 3. The molecule has 0 fully saturated rings. The summed E-state index contributed by atoms with van der Waals surface area (Å²) >= 11 is 5.80. The highest BCUT2D eigenvalue weighted by Crippen LogP contribution is 2.19. The highest BCUT2D eigenvalue weighted by atomic mass is 35.5. The van der Waals surface area contributed by atoms with E-state index in [1.807, 2.05) is 6.92 Å². The second-order valence-electron chi connectivity index (χ2n) is 3.77. The lowest BCUT2D eigenvalue weighted by atomic mass is 10.2. The quantitative estimate of drug-likeness (QED) is 0.702. The summed E-state index contributed by atoms with van der Waals surface area (Å²) in [5, 5.41) is 5.48. The number of amides is 2. The topological polar surface area (TPSA) is 84.2 Å². The largest absolute Gasteiger partial charge is 0.398 e. The van der Waals surface area contributed by atoms with Crippen molar-refractivity contribution >= 4 is 29.1 Å². The molecule has 0 aliphatic heterocycles. The minimum Gasteiger partial charge on any atom is -0.398 e. The van der Waals surface area contributed by atoms with Gasteiger partial charge in [0.05, 0.1) is 17.3 Å². The predicted octanol–water partition coefficient (Wildman–Crippen LogP) is 1.18. The van der Waals surface area contributed by atoms with Gasteiger partial charge in [0, 0.05) is 12.1 Å². The third-order valence-electron chi connectivity index (χ3n) is 2.24. The van der Waals surface area contributed by atoms with E-state index in [0.717, 1.165) is 6.42 Å². The van der Waals surface area contributed by atoms with Crippen LogP contribution in [0.1, 0.15) is 23.7 Å². The Morgan fingerprint density at radius 1 is 1.33 bits per heavy atom. The molecular weight excluding hydrogens is 254 g/mol. The van der Waals surface area contributed by atoms with Crippen LogP contribution >= 0.6 is 11.6 Å². The number of benzene rings is 1. The van der Waals surface area contributed by atoms with Crippen LogP contribution in [0.5, 0.6) is 0 Å². The molecule has 18 heavy (non-hydrogen) atoms. The maximum absolute atomic E-state index is 11.7. The molecule has 98 valence electrons. The Morgan fingerprint density at radius 2 is 2.06 bits per heavy atom. The Hall–Kier alpha value is -1.75. The summed E-state index contributed by atoms with van der Waals surface area (Å²) in [4.78, 5) is 23.0. The fourth-order valence-electron chi connectivity index (χ4n) is 1.26. The van der Waals surface area contributed by atoms with Gasteiger partial charge in [0.15, 0.2) is 0 Å². The summed E-state index contributed by atoms with van der Waals surface area (Å²) in [5.74, 6) is -0.574. The fraction of sp³-hybridized carbons (Fsp3) is 0.333. The highest BCUT2D eigenvalue weighted by Gasteiger charge is 2.09. The zero-order valence-electron chi connectivity index (χ0n) is 10.1. The van der Waals surface area contributed by atoms with Crippen LogP contribution in [0.4, 0.5) is 5.69 Å². The number of carbonyl (C=O) groups excluding carboxylic acids is 2. The summed E-state index contributed by atoms with van der Waals surface area (Å²) in [6.07, 6.45) is 0.854. The summed E-state index contributed by atoms with van der Waals surface area (Å²) in [7, 11) is 0. The summed E-state index contributed by atoms with van der Waals surface area (Å²) in [5.41, 5.74) is 6.32. The van der Waals surface area contributed by atoms with Crippen molar-refractivity contribution in [1.82, 2.24) is 10.6 Å². The van der Waals surface area contributed by atoms with E-state index in [0.29, 0.717) is 22.8 Å². The highest BCUT2D eigenvalue weighted by molar-refractivity contribution is 6.33. The first-order valence-corrected chi connectivity index (χ1v) is 6.02. The first-order chi connectivity index (χ1) is 8.54. The molecule has 0 saturated carbocycles. The maximum atomic E-state index is 11.7. The maximum Gasteiger partial charge on any atom is 0.251 e. The molecule has 5 nitrogen and oxygen atoms in total. The third-order valence-corrected chi connectivity index (χ3v) is 2.57. The van der Waals surface area contributed by atoms with Gasteiger partial charge in [-0.3, -0.25) is 9.59 Å². The second-order valence-corrected chi connectivity index (χ2v) is 4.18. The van der Waals surface area contributed by atoms with Crippen molar-refractivity contribution in [3.63, 3.8) is 0 Å². The van der Waals surface area contributed by atoms with E-state index in [1.165, 1.54) is 6.07 Å². The molecule has 0 spiro atoms. The molecule has 0 atom stereocenters. The monoisotopic (exact) mass is 269 g/mol. The molecule has 0 saturated heterocycles. The first-order valence-electron chi connectivity index (χ1n) is 5.64. The third kappa shape index (κ3) is 4.25. The van der Waals surface area contributed by atoms with Gasteiger partial charge >= 0.3 is 0 Å². The summed E-state index contributed by atoms with van der Waals surface area (Å²) < 4.78 is 0. The number of rotatable bonds is 5. The molecule has 1 aromatic rings. The molecule has 0 unspecified atom stereocenters. The summed E-state index contributed by atoms with van der Waals surface area (Å²) in [6.45, 7) is 2.50. The summed E-state index contributed by atoms with van der Waals surface area (Å²) in [6, 6.07) is 4.57. The minimum atomic E-state index is -0.358. The van der Waals surface area contributed by atoms with E-state index >= 15 is 0 Å². The van der Waals surface area contributed by atoms with E-state index in [4.69, 9.17) is 17.3 Å². The van der Waals surface area contributed by atoms with Crippen LogP contribution in [0.25, 0.3) is 0 Å². The van der Waals surface area contributed by atoms with E-state index in [2.05, 4.69) is 10.6 Å². The Kier molecular flexibility index (Phi) is 5.45. The Balaban J connectivity index is 2.50. The van der Waals surface area contributed by atoms with Crippen LogP contribution < -0.4 is 16.4 Å². The first kappa shape index (κ1) is 14.3. The fourth-order valence-corrected chi connectivity index (χ4v) is 1.44. The van der Waals surface area contributed by atoms with Crippen molar-refractivity contribution in [2.75, 3.05) is 18.8 Å². The van der Waals surface area contributed by atoms with Crippen LogP contribution in [0, 0.1) is 0 Å². The number of hydrogen-bond acceptors (Lipinski definition) is 3. The van der Waals surface area contributed by atoms with Gasteiger partial charge in [0.2, 0.25) is 5.91 Å². The molecular formula is C12H16ClN3O2. The normalized spacial score (nSPS) is 9.89. The zero-order chi connectivity index (χ0) is 13.5. The van der Waals surface area contributed by atoms with Gasteiger partial charge < -0.3 is 16.4 Å². The van der Waals surface area contributed by atoms with Crippen molar-refractivity contribution in [3.05, 3.63) is 28.8 Å². The molecule has 4 N–H and O–H groups in total. The molecule has 1 aromatic carbocycles. The average Bonchev–Trinajstić information content (AvgIpc) is 2.36. The Bertz CT molecular complexity index is 449. The van der Waals surface area contributed by atoms with Gasteiger partial charge in [-0.2, -0.15) is 0 Å². The van der Waals surface area contributed by atoms with E-state index in [1.54, 1.807) is 12.1 Å². The molecule has 0 radical (unpaired) electrons. The zero-order valence-corrected chi connectivity index (χ0v) is 10.9. The van der Waals surface area contributed by atoms with Crippen LogP contribution in [-0.4, -0.2) is 24.9 Å². The number of carbonyl (C=O) groups is 2. The molecule has 2 amide bonds. The number of halogens is 1. The molecule has 1 rings (SSSR count). The Morgan fingerprint density at radius 3 is 2.67 bits per heavy atom. The average molecular weight is 270 g/mol. The van der Waals surface area contributed by atoms with Gasteiger partial charge in [-0.05, 0) is 24.6 Å². The van der Waals surface area contributed by atoms with Crippen LogP contribution in [0.15, 0.2) is 18.2 Å². The predicted molar refractivity (Wildman–Crippen MR) is 71.5 cm³/mol.